The van der Waals surface area contributed by atoms with E-state index in [4.69, 9.17) is 47.7 Å². The Hall–Kier alpha value is -1.54. The van der Waals surface area contributed by atoms with Crippen LogP contribution in [0.1, 0.15) is 11.9 Å². The number of halogens is 2. The van der Waals surface area contributed by atoms with Crippen LogP contribution in [0.4, 0.5) is 0 Å². The van der Waals surface area contributed by atoms with Crippen molar-refractivity contribution in [3.63, 3.8) is 0 Å². The van der Waals surface area contributed by atoms with E-state index in [0.717, 1.165) is 5.56 Å². The number of benzene rings is 1. The molecule has 8 nitrogen and oxygen atoms in total. The minimum Gasteiger partial charge on any atom is -0.458 e. The summed E-state index contributed by atoms with van der Waals surface area (Å²) < 4.78 is 22.6. The monoisotopic (exact) mass is 387 g/mol. The zero-order valence-electron chi connectivity index (χ0n) is 12.9. The van der Waals surface area contributed by atoms with E-state index in [1.807, 2.05) is 30.3 Å². The normalized spacial score (nSPS) is 34.5. The van der Waals surface area contributed by atoms with E-state index in [9.17, 15) is 4.79 Å². The number of fused-ring (bicyclic) bond motifs is 1. The van der Waals surface area contributed by atoms with Gasteiger partial charge in [0.05, 0.1) is 6.61 Å². The zero-order valence-corrected chi connectivity index (χ0v) is 14.4. The maximum atomic E-state index is 11.7. The summed E-state index contributed by atoms with van der Waals surface area (Å²) in [5.41, 5.74) is 8.61. The molecule has 0 saturated carbocycles. The third-order valence-corrected chi connectivity index (χ3v) is 4.51. The van der Waals surface area contributed by atoms with Crippen molar-refractivity contribution >= 4 is 29.2 Å². The third-order valence-electron chi connectivity index (χ3n) is 3.93. The number of carbonyl (C=O) groups is 1. The van der Waals surface area contributed by atoms with Crippen molar-refractivity contribution < 1.29 is 23.7 Å². The highest BCUT2D eigenvalue weighted by atomic mass is 35.5. The predicted molar refractivity (Wildman–Crippen MR) is 88.1 cm³/mol. The Bertz CT molecular complexity index is 658. The zero-order chi connectivity index (χ0) is 17.8. The fourth-order valence-corrected chi connectivity index (χ4v) is 3.22. The topological polar surface area (TPSA) is 103 Å². The third kappa shape index (κ3) is 4.00. The van der Waals surface area contributed by atoms with E-state index < -0.39 is 42.2 Å². The average Bonchev–Trinajstić information content (AvgIpc) is 2.64. The summed E-state index contributed by atoms with van der Waals surface area (Å²) >= 11 is 11.7. The minimum atomic E-state index is -0.981. The van der Waals surface area contributed by atoms with Gasteiger partial charge in [-0.05, 0) is 5.53 Å². The van der Waals surface area contributed by atoms with Crippen molar-refractivity contribution in [2.75, 3.05) is 12.5 Å². The van der Waals surface area contributed by atoms with Gasteiger partial charge in [0, 0.05) is 10.5 Å². The summed E-state index contributed by atoms with van der Waals surface area (Å²) in [7, 11) is 0. The van der Waals surface area contributed by atoms with Gasteiger partial charge in [-0.2, -0.15) is 0 Å². The lowest BCUT2D eigenvalue weighted by molar-refractivity contribution is -0.307. The Kier molecular flexibility index (Phi) is 6.01. The van der Waals surface area contributed by atoms with Crippen LogP contribution < -0.4 is 0 Å². The first kappa shape index (κ1) is 18.3. The molecule has 134 valence electrons. The Balaban J connectivity index is 1.85. The second-order valence-electron chi connectivity index (χ2n) is 5.49. The van der Waals surface area contributed by atoms with Gasteiger partial charge in [0.2, 0.25) is 0 Å². The summed E-state index contributed by atoms with van der Waals surface area (Å²) in [4.78, 5) is 14.5. The van der Waals surface area contributed by atoms with Gasteiger partial charge in [0.1, 0.15) is 35.8 Å². The number of rotatable bonds is 4. The van der Waals surface area contributed by atoms with Crippen molar-refractivity contribution in [1.29, 1.82) is 0 Å². The minimum absolute atomic E-state index is 0.186. The van der Waals surface area contributed by atoms with Crippen LogP contribution in [0.25, 0.3) is 10.4 Å². The molecule has 0 N–H and O–H groups in total. The molecule has 0 aromatic heterocycles. The van der Waals surface area contributed by atoms with Crippen LogP contribution in [0.3, 0.4) is 0 Å². The molecule has 6 atom stereocenters. The summed E-state index contributed by atoms with van der Waals surface area (Å²) in [5.74, 6) is -1.01. The first-order valence-corrected chi connectivity index (χ1v) is 8.52. The average molecular weight is 388 g/mol. The Morgan fingerprint density at radius 3 is 2.80 bits per heavy atom. The van der Waals surface area contributed by atoms with Gasteiger partial charge < -0.3 is 18.9 Å². The summed E-state index contributed by atoms with van der Waals surface area (Å²) in [6.07, 6.45) is -2.88. The number of hydrogen-bond donors (Lipinski definition) is 0. The van der Waals surface area contributed by atoms with Crippen molar-refractivity contribution in [2.45, 2.75) is 36.2 Å². The van der Waals surface area contributed by atoms with Crippen LogP contribution in [0.15, 0.2) is 35.4 Å². The second-order valence-corrected chi connectivity index (χ2v) is 6.18. The van der Waals surface area contributed by atoms with Crippen LogP contribution in [0.2, 0.25) is 0 Å². The molecule has 2 saturated heterocycles. The van der Waals surface area contributed by atoms with Crippen molar-refractivity contribution in [2.24, 2.45) is 5.11 Å². The van der Waals surface area contributed by atoms with Gasteiger partial charge in [-0.1, -0.05) is 47.0 Å². The molecule has 2 aliphatic heterocycles. The van der Waals surface area contributed by atoms with Crippen LogP contribution in [-0.4, -0.2) is 48.4 Å². The summed E-state index contributed by atoms with van der Waals surface area (Å²) in [5, 5.41) is 3.60. The summed E-state index contributed by atoms with van der Waals surface area (Å²) in [6.45, 7) is 0.186. The lowest BCUT2D eigenvalue weighted by Gasteiger charge is -2.46. The van der Waals surface area contributed by atoms with E-state index in [1.54, 1.807) is 0 Å². The van der Waals surface area contributed by atoms with Crippen molar-refractivity contribution in [3.05, 3.63) is 46.3 Å². The molecule has 0 aliphatic carbocycles. The lowest BCUT2D eigenvalue weighted by Crippen LogP contribution is -2.61. The van der Waals surface area contributed by atoms with Crippen LogP contribution in [0, 0.1) is 0 Å². The van der Waals surface area contributed by atoms with E-state index in [2.05, 4.69) is 10.0 Å². The maximum Gasteiger partial charge on any atom is 0.321 e. The standard InChI is InChI=1S/C15H15Cl2N3O5/c16-6-10(21)24-13-11(19-20-18)14(17)23-9-7-22-15(25-12(9)13)8-4-2-1-3-5-8/h1-5,9,11-15H,6-7H2/t9-,11-,12-,13-,14-,15-/m1/s1. The number of nitrogens with zero attached hydrogens (tertiary/aromatic N) is 3. The lowest BCUT2D eigenvalue weighted by atomic mass is 9.97. The maximum absolute atomic E-state index is 11.7. The van der Waals surface area contributed by atoms with Gasteiger partial charge in [-0.15, -0.1) is 11.6 Å². The smallest absolute Gasteiger partial charge is 0.321 e. The number of carbonyl (C=O) groups excluding carboxylic acids is 1. The van der Waals surface area contributed by atoms with Crippen molar-refractivity contribution in [3.8, 4) is 0 Å². The fourth-order valence-electron chi connectivity index (χ4n) is 2.83. The highest BCUT2D eigenvalue weighted by Gasteiger charge is 2.51. The molecular formula is C15H15Cl2N3O5. The van der Waals surface area contributed by atoms with Gasteiger partial charge in [-0.3, -0.25) is 4.79 Å². The summed E-state index contributed by atoms with van der Waals surface area (Å²) in [6, 6.07) is 8.34. The van der Waals surface area contributed by atoms with Gasteiger partial charge in [0.25, 0.3) is 0 Å². The molecule has 0 unspecified atom stereocenters. The predicted octanol–water partition coefficient (Wildman–Crippen LogP) is 2.89. The van der Waals surface area contributed by atoms with Gasteiger partial charge in [0.15, 0.2) is 6.29 Å². The first-order valence-electron chi connectivity index (χ1n) is 7.55. The van der Waals surface area contributed by atoms with Crippen molar-refractivity contribution in [1.82, 2.24) is 0 Å². The number of azide groups is 1. The van der Waals surface area contributed by atoms with Crippen LogP contribution in [0.5, 0.6) is 0 Å². The number of ether oxygens (including phenoxy) is 4. The first-order chi connectivity index (χ1) is 12.1. The molecule has 1 aromatic rings. The number of hydrogen-bond acceptors (Lipinski definition) is 6. The molecular weight excluding hydrogens is 373 g/mol. The van der Waals surface area contributed by atoms with E-state index >= 15 is 0 Å². The molecule has 0 amide bonds. The Morgan fingerprint density at radius 1 is 1.36 bits per heavy atom. The van der Waals surface area contributed by atoms with E-state index in [1.165, 1.54) is 0 Å². The van der Waals surface area contributed by atoms with Crippen LogP contribution >= 0.6 is 23.2 Å². The molecule has 2 aliphatic rings. The molecule has 10 heteroatoms. The molecule has 0 radical (unpaired) electrons. The highest BCUT2D eigenvalue weighted by Crippen LogP contribution is 2.37. The van der Waals surface area contributed by atoms with E-state index in [0.29, 0.717) is 0 Å². The SMILES string of the molecule is [N-]=[N+]=N[C@@H]1[C@@H](OC(=O)CCl)[C@@H]2O[C@H](c3ccccc3)OC[C@H]2O[C@H]1Cl. The Labute approximate surface area is 153 Å². The van der Waals surface area contributed by atoms with Gasteiger partial charge in [-0.25, -0.2) is 0 Å². The Morgan fingerprint density at radius 2 is 2.12 bits per heavy atom. The second kappa shape index (κ2) is 8.23. The number of alkyl halides is 2. The number of esters is 1. The molecule has 1 aromatic carbocycles. The fraction of sp³-hybridized carbons (Fsp3) is 0.533. The van der Waals surface area contributed by atoms with Crippen LogP contribution in [-0.2, 0) is 23.7 Å². The largest absolute Gasteiger partial charge is 0.458 e. The molecule has 2 fully saturated rings. The quantitative estimate of drug-likeness (QED) is 0.259. The molecule has 0 spiro atoms. The van der Waals surface area contributed by atoms with E-state index in [-0.39, 0.29) is 12.5 Å². The highest BCUT2D eigenvalue weighted by molar-refractivity contribution is 6.26. The molecule has 25 heavy (non-hydrogen) atoms. The molecule has 2 heterocycles. The molecule has 0 bridgehead atoms. The molecule has 3 rings (SSSR count). The van der Waals surface area contributed by atoms with Gasteiger partial charge >= 0.3 is 5.97 Å².